The number of furan rings is 1. The summed E-state index contributed by atoms with van der Waals surface area (Å²) in [5, 5.41) is 12.0. The Morgan fingerprint density at radius 3 is 2.46 bits per heavy atom. The third-order valence-electron chi connectivity index (χ3n) is 4.35. The van der Waals surface area contributed by atoms with E-state index in [0.717, 1.165) is 0 Å². The molecule has 0 aliphatic rings. The predicted molar refractivity (Wildman–Crippen MR) is 101 cm³/mol. The van der Waals surface area contributed by atoms with Gasteiger partial charge in [0.25, 0.3) is 5.69 Å². The number of esters is 1. The summed E-state index contributed by atoms with van der Waals surface area (Å²) in [5.74, 6) is -0.998. The van der Waals surface area contributed by atoms with Crippen LogP contribution in [-0.2, 0) is 19.6 Å². The monoisotopic (exact) mass is 406 g/mol. The van der Waals surface area contributed by atoms with Crippen LogP contribution in [0.2, 0.25) is 0 Å². The molecule has 0 fully saturated rings. The Kier molecular flexibility index (Phi) is 5.09. The SMILES string of the molecule is COC(=O)C(NS(=O)(=O)c1ccc2oc3cc([N+](=O)[O-])ccc3c2c1)C(C)C. The van der Waals surface area contributed by atoms with Gasteiger partial charge < -0.3 is 9.15 Å². The largest absolute Gasteiger partial charge is 0.468 e. The lowest BCUT2D eigenvalue weighted by molar-refractivity contribution is -0.384. The highest BCUT2D eigenvalue weighted by Crippen LogP contribution is 2.32. The quantitative estimate of drug-likeness (QED) is 0.378. The summed E-state index contributed by atoms with van der Waals surface area (Å²) in [6.45, 7) is 3.40. The Hall–Kier alpha value is -2.98. The van der Waals surface area contributed by atoms with Crippen LogP contribution in [0, 0.1) is 16.0 Å². The Bertz CT molecular complexity index is 1180. The molecule has 1 N–H and O–H groups in total. The maximum absolute atomic E-state index is 12.8. The van der Waals surface area contributed by atoms with Crippen molar-refractivity contribution in [3.05, 3.63) is 46.5 Å². The van der Waals surface area contributed by atoms with Crippen molar-refractivity contribution in [1.29, 1.82) is 0 Å². The maximum Gasteiger partial charge on any atom is 0.324 e. The summed E-state index contributed by atoms with van der Waals surface area (Å²) in [5.41, 5.74) is 0.545. The van der Waals surface area contributed by atoms with Gasteiger partial charge in [-0.2, -0.15) is 4.72 Å². The second-order valence-electron chi connectivity index (χ2n) is 6.56. The lowest BCUT2D eigenvalue weighted by Gasteiger charge is -2.19. The van der Waals surface area contributed by atoms with Crippen LogP contribution in [0.5, 0.6) is 0 Å². The number of nitrogens with one attached hydrogen (secondary N) is 1. The molecule has 1 atom stereocenters. The van der Waals surface area contributed by atoms with Gasteiger partial charge in [0.1, 0.15) is 17.2 Å². The van der Waals surface area contributed by atoms with Gasteiger partial charge in [-0.1, -0.05) is 13.8 Å². The minimum absolute atomic E-state index is 0.0596. The van der Waals surface area contributed by atoms with E-state index in [4.69, 9.17) is 4.42 Å². The second kappa shape index (κ2) is 7.21. The van der Waals surface area contributed by atoms with E-state index < -0.39 is 27.0 Å². The lowest BCUT2D eigenvalue weighted by Crippen LogP contribution is -2.44. The number of non-ortho nitro benzene ring substituents is 1. The number of benzene rings is 2. The van der Waals surface area contributed by atoms with Crippen LogP contribution in [0.25, 0.3) is 21.9 Å². The summed E-state index contributed by atoms with van der Waals surface area (Å²) in [6, 6.07) is 7.30. The lowest BCUT2D eigenvalue weighted by atomic mass is 10.1. The van der Waals surface area contributed by atoms with E-state index in [2.05, 4.69) is 9.46 Å². The minimum atomic E-state index is -4.02. The number of ether oxygens (including phenoxy) is 1. The van der Waals surface area contributed by atoms with Gasteiger partial charge >= 0.3 is 5.97 Å². The number of nitro groups is 1. The van der Waals surface area contributed by atoms with E-state index in [1.165, 1.54) is 43.5 Å². The van der Waals surface area contributed by atoms with E-state index in [0.29, 0.717) is 16.4 Å². The maximum atomic E-state index is 12.8. The number of nitrogens with zero attached hydrogens (tertiary/aromatic N) is 1. The average molecular weight is 406 g/mol. The van der Waals surface area contributed by atoms with Crippen LogP contribution in [-0.4, -0.2) is 32.5 Å². The van der Waals surface area contributed by atoms with Crippen molar-refractivity contribution < 1.29 is 27.3 Å². The zero-order valence-corrected chi connectivity index (χ0v) is 16.1. The molecule has 0 aliphatic heterocycles. The zero-order valence-electron chi connectivity index (χ0n) is 15.3. The van der Waals surface area contributed by atoms with Crippen molar-refractivity contribution in [3.8, 4) is 0 Å². The molecule has 1 aromatic heterocycles. The number of carbonyl (C=O) groups excluding carboxylic acids is 1. The summed E-state index contributed by atoms with van der Waals surface area (Å²) >= 11 is 0. The summed E-state index contributed by atoms with van der Waals surface area (Å²) in [7, 11) is -2.83. The van der Waals surface area contributed by atoms with E-state index in [-0.39, 0.29) is 22.1 Å². The predicted octanol–water partition coefficient (Wildman–Crippen LogP) is 2.97. The van der Waals surface area contributed by atoms with Crippen LogP contribution >= 0.6 is 0 Å². The first-order chi connectivity index (χ1) is 13.1. The molecule has 2 aromatic carbocycles. The Labute approximate surface area is 160 Å². The number of carbonyl (C=O) groups is 1. The van der Waals surface area contributed by atoms with Crippen molar-refractivity contribution in [1.82, 2.24) is 4.72 Å². The van der Waals surface area contributed by atoms with Crippen molar-refractivity contribution >= 4 is 43.6 Å². The molecular weight excluding hydrogens is 388 g/mol. The minimum Gasteiger partial charge on any atom is -0.468 e. The van der Waals surface area contributed by atoms with Gasteiger partial charge in [0.2, 0.25) is 10.0 Å². The number of sulfonamides is 1. The van der Waals surface area contributed by atoms with Crippen LogP contribution in [0.4, 0.5) is 5.69 Å². The standard InChI is InChI=1S/C18H18N2O7S/c1-10(2)17(18(21)26-3)19-28(24,25)12-5-7-15-14(9-12)13-6-4-11(20(22)23)8-16(13)27-15/h4-10,17,19H,1-3H3. The molecule has 148 valence electrons. The fourth-order valence-corrected chi connectivity index (χ4v) is 4.20. The smallest absolute Gasteiger partial charge is 0.324 e. The molecule has 9 nitrogen and oxygen atoms in total. The molecule has 0 saturated carbocycles. The zero-order chi connectivity index (χ0) is 20.6. The third kappa shape index (κ3) is 3.56. The molecule has 28 heavy (non-hydrogen) atoms. The Balaban J connectivity index is 2.06. The van der Waals surface area contributed by atoms with Crippen molar-refractivity contribution in [2.24, 2.45) is 5.92 Å². The first kappa shape index (κ1) is 19.8. The summed E-state index contributed by atoms with van der Waals surface area (Å²) in [4.78, 5) is 22.2. The Morgan fingerprint density at radius 2 is 1.86 bits per heavy atom. The second-order valence-corrected chi connectivity index (χ2v) is 8.28. The molecule has 1 heterocycles. The van der Waals surface area contributed by atoms with Crippen LogP contribution in [0.15, 0.2) is 45.7 Å². The molecule has 0 spiro atoms. The van der Waals surface area contributed by atoms with Crippen LogP contribution in [0.3, 0.4) is 0 Å². The number of hydrogen-bond donors (Lipinski definition) is 1. The highest BCUT2D eigenvalue weighted by Gasteiger charge is 2.29. The summed E-state index contributed by atoms with van der Waals surface area (Å²) < 4.78 is 38.2. The fourth-order valence-electron chi connectivity index (χ4n) is 2.84. The molecule has 1 unspecified atom stereocenters. The fraction of sp³-hybridized carbons (Fsp3) is 0.278. The third-order valence-corrected chi connectivity index (χ3v) is 5.79. The normalized spacial score (nSPS) is 13.1. The molecule has 3 rings (SSSR count). The highest BCUT2D eigenvalue weighted by molar-refractivity contribution is 7.89. The highest BCUT2D eigenvalue weighted by atomic mass is 32.2. The van der Waals surface area contributed by atoms with E-state index in [1.54, 1.807) is 13.8 Å². The molecule has 0 bridgehead atoms. The number of methoxy groups -OCH3 is 1. The van der Waals surface area contributed by atoms with E-state index >= 15 is 0 Å². The van der Waals surface area contributed by atoms with E-state index in [1.807, 2.05) is 0 Å². The molecule has 3 aromatic rings. The molecule has 0 radical (unpaired) electrons. The van der Waals surface area contributed by atoms with Crippen molar-refractivity contribution in [2.45, 2.75) is 24.8 Å². The number of fused-ring (bicyclic) bond motifs is 3. The molecule has 0 saturated heterocycles. The first-order valence-corrected chi connectivity index (χ1v) is 9.83. The first-order valence-electron chi connectivity index (χ1n) is 8.35. The molecule has 10 heteroatoms. The molecule has 0 amide bonds. The number of rotatable bonds is 6. The topological polar surface area (TPSA) is 129 Å². The molecule has 0 aliphatic carbocycles. The van der Waals surface area contributed by atoms with Crippen molar-refractivity contribution in [2.75, 3.05) is 7.11 Å². The summed E-state index contributed by atoms with van der Waals surface area (Å²) in [6.07, 6.45) is 0. The van der Waals surface area contributed by atoms with Crippen LogP contribution < -0.4 is 4.72 Å². The molecular formula is C18H18N2O7S. The van der Waals surface area contributed by atoms with Gasteiger partial charge in [0.05, 0.1) is 23.0 Å². The van der Waals surface area contributed by atoms with Gasteiger partial charge in [-0.05, 0) is 30.2 Å². The van der Waals surface area contributed by atoms with Crippen LogP contribution in [0.1, 0.15) is 13.8 Å². The van der Waals surface area contributed by atoms with Gasteiger partial charge in [-0.3, -0.25) is 14.9 Å². The van der Waals surface area contributed by atoms with Gasteiger partial charge in [-0.25, -0.2) is 8.42 Å². The van der Waals surface area contributed by atoms with Gasteiger partial charge in [0, 0.05) is 16.8 Å². The van der Waals surface area contributed by atoms with Crippen molar-refractivity contribution in [3.63, 3.8) is 0 Å². The van der Waals surface area contributed by atoms with E-state index in [9.17, 15) is 23.3 Å². The van der Waals surface area contributed by atoms with Gasteiger partial charge in [-0.15, -0.1) is 0 Å². The number of hydrogen-bond acceptors (Lipinski definition) is 7. The van der Waals surface area contributed by atoms with Gasteiger partial charge in [0.15, 0.2) is 0 Å². The Morgan fingerprint density at radius 1 is 1.14 bits per heavy atom. The number of nitro benzene ring substituents is 1. The average Bonchev–Trinajstić information content (AvgIpc) is 3.02.